The second-order valence-corrected chi connectivity index (χ2v) is 11.0. The van der Waals surface area contributed by atoms with Crippen LogP contribution >= 0.6 is 11.8 Å². The van der Waals surface area contributed by atoms with Crippen molar-refractivity contribution in [1.82, 2.24) is 4.90 Å². The van der Waals surface area contributed by atoms with Gasteiger partial charge in [0.1, 0.15) is 5.82 Å². The van der Waals surface area contributed by atoms with Gasteiger partial charge in [0, 0.05) is 54.1 Å². The molecule has 1 atom stereocenters. The standard InChI is InChI=1S/C32H28FN3O2S/c33-29-18-24(34-31(37)27-12-6-5-11-26(27)22-8-2-1-3-9-22)14-15-28(29)32(38)36-20-25-21-39-17-16-35(25)19-23-10-4-7-13-30(23)36/h1-15,18,25H,16-17,19-21H2,(H,34,37). The largest absolute Gasteiger partial charge is 0.322 e. The van der Waals surface area contributed by atoms with Crippen LogP contribution in [0.3, 0.4) is 0 Å². The van der Waals surface area contributed by atoms with Gasteiger partial charge in [-0.05, 0) is 47.0 Å². The number of carbonyl (C=O) groups excluding carboxylic acids is 2. The van der Waals surface area contributed by atoms with Crippen LogP contribution in [0.15, 0.2) is 97.1 Å². The van der Waals surface area contributed by atoms with Crippen LogP contribution in [-0.4, -0.2) is 47.4 Å². The van der Waals surface area contributed by atoms with Crippen molar-refractivity contribution in [1.29, 1.82) is 0 Å². The molecule has 2 amide bonds. The van der Waals surface area contributed by atoms with Gasteiger partial charge in [-0.25, -0.2) is 4.39 Å². The number of para-hydroxylation sites is 1. The highest BCUT2D eigenvalue weighted by atomic mass is 32.2. The molecule has 39 heavy (non-hydrogen) atoms. The van der Waals surface area contributed by atoms with Crippen molar-refractivity contribution < 1.29 is 14.0 Å². The molecule has 196 valence electrons. The molecular weight excluding hydrogens is 509 g/mol. The first-order valence-corrected chi connectivity index (χ1v) is 14.2. The fourth-order valence-corrected chi connectivity index (χ4v) is 6.47. The van der Waals surface area contributed by atoms with Crippen LogP contribution in [0.2, 0.25) is 0 Å². The lowest BCUT2D eigenvalue weighted by atomic mass is 9.99. The van der Waals surface area contributed by atoms with Gasteiger partial charge in [0.15, 0.2) is 0 Å². The Labute approximate surface area is 231 Å². The van der Waals surface area contributed by atoms with E-state index in [0.717, 1.165) is 47.0 Å². The smallest absolute Gasteiger partial charge is 0.261 e. The Morgan fingerprint density at radius 3 is 2.49 bits per heavy atom. The predicted octanol–water partition coefficient (Wildman–Crippen LogP) is 6.32. The molecule has 1 fully saturated rings. The molecule has 0 aromatic heterocycles. The van der Waals surface area contributed by atoms with Crippen molar-refractivity contribution in [2.75, 3.05) is 34.8 Å². The van der Waals surface area contributed by atoms with E-state index in [4.69, 9.17) is 0 Å². The molecular formula is C32H28FN3O2S. The predicted molar refractivity (Wildman–Crippen MR) is 156 cm³/mol. The Hall–Kier alpha value is -3.94. The van der Waals surface area contributed by atoms with E-state index in [1.807, 2.05) is 78.5 Å². The number of hydrogen-bond acceptors (Lipinski definition) is 4. The molecule has 0 spiro atoms. The number of halogens is 1. The molecule has 6 rings (SSSR count). The van der Waals surface area contributed by atoms with Crippen LogP contribution in [0.1, 0.15) is 26.3 Å². The molecule has 1 unspecified atom stereocenters. The number of carbonyl (C=O) groups is 2. The molecule has 4 aromatic carbocycles. The summed E-state index contributed by atoms with van der Waals surface area (Å²) in [5, 5.41) is 2.80. The summed E-state index contributed by atoms with van der Waals surface area (Å²) >= 11 is 1.89. The minimum absolute atomic E-state index is 0.00981. The van der Waals surface area contributed by atoms with Gasteiger partial charge >= 0.3 is 0 Å². The summed E-state index contributed by atoms with van der Waals surface area (Å²) in [5.74, 6) is 0.639. The Bertz CT molecular complexity index is 1530. The molecule has 7 heteroatoms. The average Bonchev–Trinajstić information content (AvgIpc) is 3.14. The Morgan fingerprint density at radius 1 is 0.872 bits per heavy atom. The highest BCUT2D eigenvalue weighted by molar-refractivity contribution is 7.99. The van der Waals surface area contributed by atoms with Gasteiger partial charge in [-0.2, -0.15) is 11.8 Å². The van der Waals surface area contributed by atoms with Crippen molar-refractivity contribution in [3.63, 3.8) is 0 Å². The maximum atomic E-state index is 15.4. The Kier molecular flexibility index (Phi) is 7.18. The molecule has 2 aliphatic rings. The number of fused-ring (bicyclic) bond motifs is 2. The number of nitrogens with one attached hydrogen (secondary N) is 1. The maximum Gasteiger partial charge on any atom is 0.261 e. The second kappa shape index (κ2) is 11.0. The summed E-state index contributed by atoms with van der Waals surface area (Å²) in [7, 11) is 0. The molecule has 0 aliphatic carbocycles. The van der Waals surface area contributed by atoms with E-state index in [9.17, 15) is 9.59 Å². The summed E-state index contributed by atoms with van der Waals surface area (Å²) in [5.41, 5.74) is 4.38. The van der Waals surface area contributed by atoms with Gasteiger partial charge in [0.2, 0.25) is 0 Å². The van der Waals surface area contributed by atoms with E-state index >= 15 is 4.39 Å². The lowest BCUT2D eigenvalue weighted by Gasteiger charge is -2.35. The molecule has 0 bridgehead atoms. The fraction of sp³-hybridized carbons (Fsp3) is 0.188. The average molecular weight is 538 g/mol. The van der Waals surface area contributed by atoms with Gasteiger partial charge in [-0.15, -0.1) is 0 Å². The number of amides is 2. The van der Waals surface area contributed by atoms with E-state index in [1.54, 1.807) is 23.1 Å². The minimum atomic E-state index is -0.661. The molecule has 2 aliphatic heterocycles. The van der Waals surface area contributed by atoms with E-state index < -0.39 is 5.82 Å². The number of benzene rings is 4. The molecule has 0 radical (unpaired) electrons. The molecule has 2 heterocycles. The lowest BCUT2D eigenvalue weighted by Crippen LogP contribution is -2.48. The van der Waals surface area contributed by atoms with Crippen LogP contribution < -0.4 is 10.2 Å². The van der Waals surface area contributed by atoms with Crippen LogP contribution in [-0.2, 0) is 6.54 Å². The first-order chi connectivity index (χ1) is 19.1. The highest BCUT2D eigenvalue weighted by Gasteiger charge is 2.33. The van der Waals surface area contributed by atoms with Gasteiger partial charge < -0.3 is 10.2 Å². The van der Waals surface area contributed by atoms with Crippen molar-refractivity contribution in [2.45, 2.75) is 12.6 Å². The third-order valence-electron chi connectivity index (χ3n) is 7.36. The number of thioether (sulfide) groups is 1. The van der Waals surface area contributed by atoms with Crippen LogP contribution in [0.4, 0.5) is 15.8 Å². The summed E-state index contributed by atoms with van der Waals surface area (Å²) < 4.78 is 15.4. The fourth-order valence-electron chi connectivity index (χ4n) is 5.35. The monoisotopic (exact) mass is 537 g/mol. The van der Waals surface area contributed by atoms with E-state index in [2.05, 4.69) is 10.2 Å². The minimum Gasteiger partial charge on any atom is -0.322 e. The maximum absolute atomic E-state index is 15.4. The SMILES string of the molecule is O=C(Nc1ccc(C(=O)N2CC3CSCCN3Cc3ccccc32)c(F)c1)c1ccccc1-c1ccccc1. The van der Waals surface area contributed by atoms with Crippen molar-refractivity contribution in [3.8, 4) is 11.1 Å². The third-order valence-corrected chi connectivity index (χ3v) is 8.45. The summed E-state index contributed by atoms with van der Waals surface area (Å²) in [6, 6.07) is 29.3. The zero-order valence-corrected chi connectivity index (χ0v) is 22.2. The lowest BCUT2D eigenvalue weighted by molar-refractivity contribution is 0.0974. The molecule has 4 aromatic rings. The van der Waals surface area contributed by atoms with Crippen molar-refractivity contribution in [3.05, 3.63) is 120 Å². The molecule has 5 nitrogen and oxygen atoms in total. The van der Waals surface area contributed by atoms with Crippen molar-refractivity contribution in [2.24, 2.45) is 0 Å². The number of nitrogens with zero attached hydrogens (tertiary/aromatic N) is 2. The first kappa shape index (κ1) is 25.3. The zero-order valence-electron chi connectivity index (χ0n) is 21.3. The summed E-state index contributed by atoms with van der Waals surface area (Å²) in [6.45, 7) is 2.27. The topological polar surface area (TPSA) is 52.7 Å². The van der Waals surface area contributed by atoms with Crippen molar-refractivity contribution >= 4 is 35.0 Å². The first-order valence-electron chi connectivity index (χ1n) is 13.1. The quantitative estimate of drug-likeness (QED) is 0.331. The number of rotatable bonds is 4. The third kappa shape index (κ3) is 5.20. The van der Waals surface area contributed by atoms with E-state index in [0.29, 0.717) is 17.8 Å². The van der Waals surface area contributed by atoms with Crippen LogP contribution in [0.25, 0.3) is 11.1 Å². The van der Waals surface area contributed by atoms with Gasteiger partial charge in [0.05, 0.1) is 5.56 Å². The summed E-state index contributed by atoms with van der Waals surface area (Å²) in [4.78, 5) is 31.1. The number of hydrogen-bond donors (Lipinski definition) is 1. The van der Waals surface area contributed by atoms with Crippen LogP contribution in [0.5, 0.6) is 0 Å². The highest BCUT2D eigenvalue weighted by Crippen LogP contribution is 2.32. The summed E-state index contributed by atoms with van der Waals surface area (Å²) in [6.07, 6.45) is 0. The normalized spacial score (nSPS) is 17.1. The zero-order chi connectivity index (χ0) is 26.8. The van der Waals surface area contributed by atoms with E-state index in [-0.39, 0.29) is 23.4 Å². The van der Waals surface area contributed by atoms with Gasteiger partial charge in [-0.1, -0.05) is 66.7 Å². The van der Waals surface area contributed by atoms with Gasteiger partial charge in [0.25, 0.3) is 11.8 Å². The van der Waals surface area contributed by atoms with Crippen LogP contribution in [0, 0.1) is 5.82 Å². The Balaban J connectivity index is 1.25. The molecule has 1 saturated heterocycles. The molecule has 0 saturated carbocycles. The van der Waals surface area contributed by atoms with E-state index in [1.165, 1.54) is 12.1 Å². The number of anilines is 2. The Morgan fingerprint density at radius 2 is 1.64 bits per heavy atom. The molecule has 1 N–H and O–H groups in total. The second-order valence-electron chi connectivity index (χ2n) is 9.80. The van der Waals surface area contributed by atoms with Gasteiger partial charge in [-0.3, -0.25) is 14.5 Å².